The van der Waals surface area contributed by atoms with Gasteiger partial charge in [0, 0.05) is 18.0 Å². The topological polar surface area (TPSA) is 60.8 Å². The third-order valence-corrected chi connectivity index (χ3v) is 3.57. The quantitative estimate of drug-likeness (QED) is 0.787. The lowest BCUT2D eigenvalue weighted by atomic mass is 10.2. The van der Waals surface area contributed by atoms with Crippen LogP contribution >= 0.6 is 11.3 Å². The Labute approximate surface area is 110 Å². The summed E-state index contributed by atoms with van der Waals surface area (Å²) in [4.78, 5) is 14.7. The predicted octanol–water partition coefficient (Wildman–Crippen LogP) is 0.689. The van der Waals surface area contributed by atoms with E-state index in [0.29, 0.717) is 12.1 Å². The predicted molar refractivity (Wildman–Crippen MR) is 69.4 cm³/mol. The smallest absolute Gasteiger partial charge is 0.255 e. The molecule has 18 heavy (non-hydrogen) atoms. The first-order valence-electron chi connectivity index (χ1n) is 5.86. The van der Waals surface area contributed by atoms with Crippen molar-refractivity contribution in [1.29, 1.82) is 0 Å². The van der Waals surface area contributed by atoms with Crippen LogP contribution in [0.3, 0.4) is 0 Å². The molecule has 1 fully saturated rings. The Kier molecular flexibility index (Phi) is 4.37. The zero-order valence-corrected chi connectivity index (χ0v) is 10.7. The van der Waals surface area contributed by atoms with Gasteiger partial charge >= 0.3 is 0 Å². The molecular weight excluding hydrogens is 250 g/mol. The largest absolute Gasteiger partial charge is 0.395 e. The molecule has 1 aromatic rings. The highest BCUT2D eigenvalue weighted by Gasteiger charge is 2.32. The van der Waals surface area contributed by atoms with Gasteiger partial charge in [-0.3, -0.25) is 4.79 Å². The molecule has 0 atom stereocenters. The number of rotatable bonds is 4. The Bertz CT molecular complexity index is 482. The summed E-state index contributed by atoms with van der Waals surface area (Å²) in [5.74, 6) is 5.30. The monoisotopic (exact) mass is 265 g/mol. The van der Waals surface area contributed by atoms with Crippen LogP contribution in [0.25, 0.3) is 0 Å². The molecular formula is C13H15NO3S. The van der Waals surface area contributed by atoms with Crippen molar-refractivity contribution in [2.45, 2.75) is 18.9 Å². The maximum Gasteiger partial charge on any atom is 0.255 e. The number of hydrogen-bond donors (Lipinski definition) is 2. The van der Waals surface area contributed by atoms with Crippen molar-refractivity contribution in [1.82, 2.24) is 4.90 Å². The van der Waals surface area contributed by atoms with Crippen LogP contribution in [0.15, 0.2) is 11.4 Å². The Balaban J connectivity index is 2.09. The van der Waals surface area contributed by atoms with Crippen molar-refractivity contribution in [3.8, 4) is 11.8 Å². The van der Waals surface area contributed by atoms with Crippen molar-refractivity contribution in [3.05, 3.63) is 21.9 Å². The molecule has 2 N–H and O–H groups in total. The van der Waals surface area contributed by atoms with E-state index in [2.05, 4.69) is 11.8 Å². The van der Waals surface area contributed by atoms with Crippen LogP contribution in [0.1, 0.15) is 28.1 Å². The molecule has 1 amide bonds. The molecule has 0 unspecified atom stereocenters. The van der Waals surface area contributed by atoms with Crippen LogP contribution in [0.5, 0.6) is 0 Å². The summed E-state index contributed by atoms with van der Waals surface area (Å²) in [6.45, 7) is 0.195. The summed E-state index contributed by atoms with van der Waals surface area (Å²) in [5.41, 5.74) is 0.614. The van der Waals surface area contributed by atoms with Gasteiger partial charge in [-0.05, 0) is 18.9 Å². The van der Waals surface area contributed by atoms with Crippen molar-refractivity contribution < 1.29 is 15.0 Å². The summed E-state index contributed by atoms with van der Waals surface area (Å²) in [6.07, 6.45) is 2.04. The maximum atomic E-state index is 12.2. The number of aliphatic hydroxyl groups excluding tert-OH is 2. The molecule has 0 bridgehead atoms. The van der Waals surface area contributed by atoms with E-state index >= 15 is 0 Å². The molecule has 1 aliphatic rings. The molecule has 0 saturated heterocycles. The Morgan fingerprint density at radius 1 is 1.50 bits per heavy atom. The molecule has 4 nitrogen and oxygen atoms in total. The van der Waals surface area contributed by atoms with Crippen LogP contribution in [-0.4, -0.2) is 46.8 Å². The van der Waals surface area contributed by atoms with Crippen LogP contribution in [-0.2, 0) is 0 Å². The summed E-state index contributed by atoms with van der Waals surface area (Å²) in [5, 5.41) is 19.4. The zero-order chi connectivity index (χ0) is 13.0. The van der Waals surface area contributed by atoms with E-state index in [1.165, 1.54) is 11.3 Å². The van der Waals surface area contributed by atoms with Gasteiger partial charge in [0.05, 0.1) is 17.0 Å². The first-order chi connectivity index (χ1) is 8.76. The van der Waals surface area contributed by atoms with E-state index in [9.17, 15) is 4.79 Å². The fraction of sp³-hybridized carbons (Fsp3) is 0.462. The lowest BCUT2D eigenvalue weighted by Gasteiger charge is -2.20. The fourth-order valence-electron chi connectivity index (χ4n) is 1.75. The van der Waals surface area contributed by atoms with Gasteiger partial charge in [-0.1, -0.05) is 11.8 Å². The molecule has 0 radical (unpaired) electrons. The van der Waals surface area contributed by atoms with Gasteiger partial charge in [0.2, 0.25) is 0 Å². The third-order valence-electron chi connectivity index (χ3n) is 2.73. The first-order valence-corrected chi connectivity index (χ1v) is 6.74. The SMILES string of the molecule is O=C(c1csc(C#CCO)c1)N(CCO)C1CC1. The molecule has 0 spiro atoms. The average molecular weight is 265 g/mol. The highest BCUT2D eigenvalue weighted by molar-refractivity contribution is 7.10. The Morgan fingerprint density at radius 3 is 2.89 bits per heavy atom. The fourth-order valence-corrected chi connectivity index (χ4v) is 2.50. The van der Waals surface area contributed by atoms with E-state index in [1.54, 1.807) is 16.3 Å². The zero-order valence-electron chi connectivity index (χ0n) is 9.93. The Hall–Kier alpha value is -1.35. The molecule has 96 valence electrons. The van der Waals surface area contributed by atoms with Crippen LogP contribution < -0.4 is 0 Å². The number of carbonyl (C=O) groups excluding carboxylic acids is 1. The molecule has 5 heteroatoms. The van der Waals surface area contributed by atoms with Gasteiger partial charge in [0.25, 0.3) is 5.91 Å². The second-order valence-electron chi connectivity index (χ2n) is 4.11. The molecule has 1 aromatic heterocycles. The van der Waals surface area contributed by atoms with Crippen molar-refractivity contribution in [2.24, 2.45) is 0 Å². The minimum Gasteiger partial charge on any atom is -0.395 e. The highest BCUT2D eigenvalue weighted by atomic mass is 32.1. The molecule has 2 rings (SSSR count). The minimum atomic E-state index is -0.181. The second kappa shape index (κ2) is 6.01. The van der Waals surface area contributed by atoms with Gasteiger partial charge in [-0.25, -0.2) is 0 Å². The molecule has 0 aromatic carbocycles. The normalized spacial score (nSPS) is 13.9. The van der Waals surface area contributed by atoms with Crippen molar-refractivity contribution >= 4 is 17.2 Å². The highest BCUT2D eigenvalue weighted by Crippen LogP contribution is 2.28. The number of thiophene rings is 1. The van der Waals surface area contributed by atoms with E-state index in [-0.39, 0.29) is 25.2 Å². The van der Waals surface area contributed by atoms with Gasteiger partial charge in [0.15, 0.2) is 0 Å². The second-order valence-corrected chi connectivity index (χ2v) is 5.02. The number of amides is 1. The van der Waals surface area contributed by atoms with Gasteiger partial charge < -0.3 is 15.1 Å². The summed E-state index contributed by atoms with van der Waals surface area (Å²) in [7, 11) is 0. The summed E-state index contributed by atoms with van der Waals surface area (Å²) < 4.78 is 0. The lowest BCUT2D eigenvalue weighted by molar-refractivity contribution is 0.0708. The molecule has 1 saturated carbocycles. The number of carbonyl (C=O) groups is 1. The van der Waals surface area contributed by atoms with Crippen LogP contribution in [0.2, 0.25) is 0 Å². The number of nitrogens with zero attached hydrogens (tertiary/aromatic N) is 1. The van der Waals surface area contributed by atoms with Gasteiger partial charge in [0.1, 0.15) is 6.61 Å². The molecule has 0 aliphatic heterocycles. The van der Waals surface area contributed by atoms with E-state index in [4.69, 9.17) is 10.2 Å². The standard InChI is InChI=1S/C13H15NO3S/c15-6-1-2-12-8-10(9-18-12)13(17)14(5-7-16)11-3-4-11/h8-9,11,15-16H,3-7H2. The third kappa shape index (κ3) is 3.10. The van der Waals surface area contributed by atoms with Gasteiger partial charge in [-0.15, -0.1) is 11.3 Å². The maximum absolute atomic E-state index is 12.2. The minimum absolute atomic E-state index is 0.0104. The summed E-state index contributed by atoms with van der Waals surface area (Å²) >= 11 is 1.39. The summed E-state index contributed by atoms with van der Waals surface area (Å²) in [6, 6.07) is 2.03. The lowest BCUT2D eigenvalue weighted by Crippen LogP contribution is -2.35. The van der Waals surface area contributed by atoms with E-state index in [1.807, 2.05) is 0 Å². The molecule has 1 heterocycles. The van der Waals surface area contributed by atoms with E-state index < -0.39 is 0 Å². The van der Waals surface area contributed by atoms with Crippen LogP contribution in [0.4, 0.5) is 0 Å². The van der Waals surface area contributed by atoms with Crippen molar-refractivity contribution in [3.63, 3.8) is 0 Å². The van der Waals surface area contributed by atoms with Crippen LogP contribution in [0, 0.1) is 11.8 Å². The number of aliphatic hydroxyl groups is 2. The van der Waals surface area contributed by atoms with Crippen molar-refractivity contribution in [2.75, 3.05) is 19.8 Å². The molecule has 1 aliphatic carbocycles. The van der Waals surface area contributed by atoms with Gasteiger partial charge in [-0.2, -0.15) is 0 Å². The average Bonchev–Trinajstić information content (AvgIpc) is 3.11. The van der Waals surface area contributed by atoms with E-state index in [0.717, 1.165) is 17.7 Å². The number of hydrogen-bond acceptors (Lipinski definition) is 4. The Morgan fingerprint density at radius 2 is 2.28 bits per heavy atom. The first kappa shape index (κ1) is 13.1.